The van der Waals surface area contributed by atoms with Gasteiger partial charge in [-0.3, -0.25) is 9.59 Å². The number of hydrogen-bond donors (Lipinski definition) is 2. The van der Waals surface area contributed by atoms with Gasteiger partial charge in [-0.15, -0.1) is 0 Å². The van der Waals surface area contributed by atoms with Crippen LogP contribution in [-0.4, -0.2) is 36.1 Å². The lowest BCUT2D eigenvalue weighted by Gasteiger charge is -2.25. The van der Waals surface area contributed by atoms with Crippen LogP contribution in [0.3, 0.4) is 0 Å². The van der Waals surface area contributed by atoms with E-state index in [-0.39, 0.29) is 18.0 Å². The van der Waals surface area contributed by atoms with Gasteiger partial charge < -0.3 is 15.5 Å². The molecule has 4 aromatic carbocycles. The highest BCUT2D eigenvalue weighted by Gasteiger charge is 2.35. The van der Waals surface area contributed by atoms with Crippen molar-refractivity contribution in [2.24, 2.45) is 4.99 Å². The van der Waals surface area contributed by atoms with Crippen molar-refractivity contribution < 1.29 is 27.6 Å². The van der Waals surface area contributed by atoms with Crippen LogP contribution in [0.5, 0.6) is 0 Å². The first-order valence-electron chi connectivity index (χ1n) is 13.0. The van der Waals surface area contributed by atoms with Gasteiger partial charge in [0.15, 0.2) is 5.78 Å². The quantitative estimate of drug-likeness (QED) is 0.270. The van der Waals surface area contributed by atoms with E-state index in [0.717, 1.165) is 29.8 Å². The molecular formula is C32H25F3N4O3. The van der Waals surface area contributed by atoms with Gasteiger partial charge in [0.1, 0.15) is 0 Å². The molecule has 1 aliphatic heterocycles. The fourth-order valence-corrected chi connectivity index (χ4v) is 4.66. The summed E-state index contributed by atoms with van der Waals surface area (Å²) in [6, 6.07) is 26.2. The average Bonchev–Trinajstić information content (AvgIpc) is 3.08. The minimum absolute atomic E-state index is 0.0868. The zero-order chi connectivity index (χ0) is 29.9. The van der Waals surface area contributed by atoms with Gasteiger partial charge in [-0.25, -0.2) is 9.79 Å². The Morgan fingerprint density at radius 3 is 2.19 bits per heavy atom. The van der Waals surface area contributed by atoms with Crippen LogP contribution >= 0.6 is 0 Å². The number of halogens is 3. The van der Waals surface area contributed by atoms with Crippen LogP contribution in [0, 0.1) is 6.92 Å². The number of carbonyl (C=O) groups is 3. The molecule has 5 rings (SSSR count). The van der Waals surface area contributed by atoms with Crippen LogP contribution in [0.1, 0.15) is 32.6 Å². The Balaban J connectivity index is 1.50. The van der Waals surface area contributed by atoms with Crippen molar-refractivity contribution in [2.75, 3.05) is 16.8 Å². The molecule has 7 nitrogen and oxygen atoms in total. The summed E-state index contributed by atoms with van der Waals surface area (Å²) in [6.07, 6.45) is -5.98. The maximum Gasteiger partial charge on any atom is 0.416 e. The van der Waals surface area contributed by atoms with E-state index in [2.05, 4.69) is 15.6 Å². The van der Waals surface area contributed by atoms with Crippen LogP contribution in [0.15, 0.2) is 108 Å². The molecule has 0 aliphatic carbocycles. The molecule has 10 heteroatoms. The monoisotopic (exact) mass is 570 g/mol. The SMILES string of the molecule is Cc1ccccc1C(=O)CN1C(=O)[C@H](NC(=O)Nc2ccc(C(F)(F)F)cc2)N=C(c2ccccc2)c2ccccc21. The summed E-state index contributed by atoms with van der Waals surface area (Å²) in [5.74, 6) is -0.953. The van der Waals surface area contributed by atoms with Gasteiger partial charge >= 0.3 is 12.2 Å². The second-order valence-electron chi connectivity index (χ2n) is 9.60. The van der Waals surface area contributed by atoms with Crippen LogP contribution in [0.25, 0.3) is 0 Å². The molecule has 212 valence electrons. The number of urea groups is 1. The summed E-state index contributed by atoms with van der Waals surface area (Å²) in [7, 11) is 0. The molecule has 0 unspecified atom stereocenters. The number of benzodiazepines with no additional fused rings is 1. The second-order valence-corrected chi connectivity index (χ2v) is 9.60. The Morgan fingerprint density at radius 2 is 1.50 bits per heavy atom. The van der Waals surface area contributed by atoms with Crippen molar-refractivity contribution >= 4 is 34.8 Å². The molecule has 1 aliphatic rings. The normalized spacial score (nSPS) is 14.9. The summed E-state index contributed by atoms with van der Waals surface area (Å²) in [6.45, 7) is 1.50. The molecule has 3 amide bonds. The van der Waals surface area contributed by atoms with Crippen molar-refractivity contribution in [3.63, 3.8) is 0 Å². The van der Waals surface area contributed by atoms with Crippen LogP contribution in [-0.2, 0) is 11.0 Å². The van der Waals surface area contributed by atoms with Crippen LogP contribution in [0.2, 0.25) is 0 Å². The molecule has 4 aromatic rings. The number of Topliss-reactive ketones (excluding diaryl/α,β-unsaturated/α-hetero) is 1. The first-order valence-corrected chi connectivity index (χ1v) is 13.0. The zero-order valence-electron chi connectivity index (χ0n) is 22.4. The maximum atomic E-state index is 14.0. The molecule has 42 heavy (non-hydrogen) atoms. The van der Waals surface area contributed by atoms with E-state index in [1.807, 2.05) is 36.4 Å². The van der Waals surface area contributed by atoms with Crippen molar-refractivity contribution in [2.45, 2.75) is 19.3 Å². The van der Waals surface area contributed by atoms with E-state index in [0.29, 0.717) is 28.1 Å². The van der Waals surface area contributed by atoms with Crippen LogP contribution < -0.4 is 15.5 Å². The number of aryl methyl sites for hydroxylation is 1. The number of para-hydroxylation sites is 1. The number of carbonyl (C=O) groups excluding carboxylic acids is 3. The molecular weight excluding hydrogens is 545 g/mol. The third-order valence-electron chi connectivity index (χ3n) is 6.74. The Hall–Kier alpha value is -5.25. The third-order valence-corrected chi connectivity index (χ3v) is 6.74. The number of alkyl halides is 3. The Labute approximate surface area is 239 Å². The first kappa shape index (κ1) is 28.3. The van der Waals surface area contributed by atoms with Gasteiger partial charge in [-0.2, -0.15) is 13.2 Å². The van der Waals surface area contributed by atoms with E-state index in [1.165, 1.54) is 4.90 Å². The van der Waals surface area contributed by atoms with Crippen molar-refractivity contribution in [3.8, 4) is 0 Å². The topological polar surface area (TPSA) is 90.9 Å². The van der Waals surface area contributed by atoms with Gasteiger partial charge in [0.25, 0.3) is 5.91 Å². The van der Waals surface area contributed by atoms with Crippen molar-refractivity contribution in [1.82, 2.24) is 5.32 Å². The minimum Gasteiger partial charge on any atom is -0.308 e. The number of ketones is 1. The molecule has 0 saturated carbocycles. The standard InChI is InChI=1S/C32H25F3N4O3/c1-20-9-5-6-12-24(20)27(40)19-39-26-14-8-7-13-25(26)28(21-10-3-2-4-11-21)37-29(30(39)41)38-31(42)36-23-17-15-22(16-18-23)32(33,34)35/h2-18,29H,19H2,1H3,(H2,36,38,42)/t29-/m0/s1. The summed E-state index contributed by atoms with van der Waals surface area (Å²) in [5, 5.41) is 4.98. The Bertz CT molecular complexity index is 1670. The molecule has 0 aromatic heterocycles. The fourth-order valence-electron chi connectivity index (χ4n) is 4.66. The number of amides is 3. The van der Waals surface area contributed by atoms with Crippen molar-refractivity contribution in [1.29, 1.82) is 0 Å². The summed E-state index contributed by atoms with van der Waals surface area (Å²) >= 11 is 0. The summed E-state index contributed by atoms with van der Waals surface area (Å²) in [5.41, 5.74) is 2.57. The molecule has 1 atom stereocenters. The Kier molecular flexibility index (Phi) is 7.88. The van der Waals surface area contributed by atoms with Gasteiger partial charge in [0, 0.05) is 22.4 Å². The summed E-state index contributed by atoms with van der Waals surface area (Å²) < 4.78 is 38.8. The van der Waals surface area contributed by atoms with Gasteiger partial charge in [-0.05, 0) is 42.8 Å². The van der Waals surface area contributed by atoms with E-state index in [1.54, 1.807) is 49.4 Å². The third kappa shape index (κ3) is 6.07. The highest BCUT2D eigenvalue weighted by molar-refractivity contribution is 6.21. The fraction of sp³-hybridized carbons (Fsp3) is 0.125. The zero-order valence-corrected chi connectivity index (χ0v) is 22.4. The lowest BCUT2D eigenvalue weighted by atomic mass is 9.99. The number of nitrogens with one attached hydrogen (secondary N) is 2. The highest BCUT2D eigenvalue weighted by atomic mass is 19.4. The van der Waals surface area contributed by atoms with E-state index >= 15 is 0 Å². The molecule has 0 saturated heterocycles. The van der Waals surface area contributed by atoms with E-state index in [4.69, 9.17) is 0 Å². The number of rotatable bonds is 6. The molecule has 2 N–H and O–H groups in total. The smallest absolute Gasteiger partial charge is 0.308 e. The van der Waals surface area contributed by atoms with Crippen molar-refractivity contribution in [3.05, 3.63) is 131 Å². The molecule has 0 fully saturated rings. The van der Waals surface area contributed by atoms with Crippen LogP contribution in [0.4, 0.5) is 29.3 Å². The number of benzene rings is 4. The highest BCUT2D eigenvalue weighted by Crippen LogP contribution is 2.31. The van der Waals surface area contributed by atoms with E-state index in [9.17, 15) is 27.6 Å². The molecule has 0 bridgehead atoms. The number of aliphatic imine (C=N–C) groups is 1. The summed E-state index contributed by atoms with van der Waals surface area (Å²) in [4.78, 5) is 46.3. The molecule has 0 spiro atoms. The van der Waals surface area contributed by atoms with Gasteiger partial charge in [0.2, 0.25) is 6.17 Å². The average molecular weight is 571 g/mol. The largest absolute Gasteiger partial charge is 0.416 e. The number of fused-ring (bicyclic) bond motifs is 1. The molecule has 0 radical (unpaired) electrons. The second kappa shape index (κ2) is 11.7. The maximum absolute atomic E-state index is 14.0. The first-order chi connectivity index (χ1) is 20.1. The number of nitrogens with zero attached hydrogens (tertiary/aromatic N) is 2. The van der Waals surface area contributed by atoms with Gasteiger partial charge in [0.05, 0.1) is 23.5 Å². The number of hydrogen-bond acceptors (Lipinski definition) is 4. The predicted molar refractivity (Wildman–Crippen MR) is 154 cm³/mol. The predicted octanol–water partition coefficient (Wildman–Crippen LogP) is 6.23. The molecule has 1 heterocycles. The van der Waals surface area contributed by atoms with E-state index < -0.39 is 29.8 Å². The minimum atomic E-state index is -4.52. The lowest BCUT2D eigenvalue weighted by molar-refractivity contribution is -0.137. The number of anilines is 2. The lowest BCUT2D eigenvalue weighted by Crippen LogP contribution is -2.50. The Morgan fingerprint density at radius 1 is 0.857 bits per heavy atom. The van der Waals surface area contributed by atoms with Gasteiger partial charge in [-0.1, -0.05) is 72.8 Å².